The van der Waals surface area contributed by atoms with Gasteiger partial charge < -0.3 is 14.0 Å². The molecule has 8 nitrogen and oxygen atoms in total. The highest BCUT2D eigenvalue weighted by molar-refractivity contribution is 5.69. The molecular formula is C17H24N4O4. The normalized spacial score (nSPS) is 20.7. The van der Waals surface area contributed by atoms with Crippen molar-refractivity contribution in [2.24, 2.45) is 20.0 Å². The lowest BCUT2D eigenvalue weighted by Crippen LogP contribution is -2.40. The van der Waals surface area contributed by atoms with Gasteiger partial charge >= 0.3 is 5.69 Å². The van der Waals surface area contributed by atoms with Crippen LogP contribution in [0.2, 0.25) is 0 Å². The molecule has 0 atom stereocenters. The van der Waals surface area contributed by atoms with Crippen LogP contribution in [-0.2, 0) is 30.1 Å². The zero-order chi connectivity index (χ0) is 17.6. The van der Waals surface area contributed by atoms with E-state index in [4.69, 9.17) is 9.47 Å². The Kier molecular flexibility index (Phi) is 4.04. The maximum absolute atomic E-state index is 12.7. The van der Waals surface area contributed by atoms with Crippen molar-refractivity contribution < 1.29 is 9.47 Å². The summed E-state index contributed by atoms with van der Waals surface area (Å²) >= 11 is 0. The fourth-order valence-corrected chi connectivity index (χ4v) is 4.10. The van der Waals surface area contributed by atoms with Crippen LogP contribution in [0.5, 0.6) is 0 Å². The van der Waals surface area contributed by atoms with E-state index < -0.39 is 0 Å². The second-order valence-electron chi connectivity index (χ2n) is 7.17. The molecular weight excluding hydrogens is 324 g/mol. The van der Waals surface area contributed by atoms with Crippen LogP contribution in [0, 0.1) is 5.92 Å². The third-order valence-corrected chi connectivity index (χ3v) is 5.64. The molecule has 2 fully saturated rings. The SMILES string of the molecule is Cn1cnc2c1c(=O)n(CCC1CCC3(CC1)OCCO3)c(=O)n2C. The molecule has 2 aromatic rings. The van der Waals surface area contributed by atoms with Crippen molar-refractivity contribution in [1.82, 2.24) is 18.7 Å². The third-order valence-electron chi connectivity index (χ3n) is 5.64. The van der Waals surface area contributed by atoms with Gasteiger partial charge in [-0.3, -0.25) is 13.9 Å². The lowest BCUT2D eigenvalue weighted by Gasteiger charge is -2.35. The lowest BCUT2D eigenvalue weighted by atomic mass is 9.83. The average molecular weight is 348 g/mol. The van der Waals surface area contributed by atoms with Gasteiger partial charge in [-0.25, -0.2) is 9.78 Å². The van der Waals surface area contributed by atoms with Crippen LogP contribution in [0.25, 0.3) is 11.2 Å². The van der Waals surface area contributed by atoms with E-state index in [1.807, 2.05) is 0 Å². The Morgan fingerprint density at radius 1 is 1.20 bits per heavy atom. The third kappa shape index (κ3) is 2.73. The number of rotatable bonds is 3. The first-order valence-electron chi connectivity index (χ1n) is 8.89. The Bertz CT molecular complexity index is 894. The molecule has 3 heterocycles. The number of hydrogen-bond donors (Lipinski definition) is 0. The number of hydrogen-bond acceptors (Lipinski definition) is 5. The van der Waals surface area contributed by atoms with Crippen LogP contribution >= 0.6 is 0 Å². The number of ether oxygens (including phenoxy) is 2. The molecule has 1 spiro atoms. The van der Waals surface area contributed by atoms with Crippen molar-refractivity contribution in [2.75, 3.05) is 13.2 Å². The number of imidazole rings is 1. The van der Waals surface area contributed by atoms with Gasteiger partial charge in [0.25, 0.3) is 5.56 Å². The molecule has 1 aliphatic carbocycles. The Morgan fingerprint density at radius 3 is 2.56 bits per heavy atom. The predicted octanol–water partition coefficient (Wildman–Crippen LogP) is 0.757. The smallest absolute Gasteiger partial charge is 0.332 e. The van der Waals surface area contributed by atoms with Crippen LogP contribution in [0.3, 0.4) is 0 Å². The van der Waals surface area contributed by atoms with Crippen LogP contribution in [0.1, 0.15) is 32.1 Å². The monoisotopic (exact) mass is 348 g/mol. The van der Waals surface area contributed by atoms with Gasteiger partial charge in [-0.15, -0.1) is 0 Å². The predicted molar refractivity (Wildman–Crippen MR) is 91.4 cm³/mol. The van der Waals surface area contributed by atoms with E-state index in [0.717, 1.165) is 32.1 Å². The molecule has 8 heteroatoms. The minimum absolute atomic E-state index is 0.257. The summed E-state index contributed by atoms with van der Waals surface area (Å²) in [6, 6.07) is 0. The summed E-state index contributed by atoms with van der Waals surface area (Å²) in [4.78, 5) is 29.4. The van der Waals surface area contributed by atoms with E-state index in [0.29, 0.717) is 36.8 Å². The van der Waals surface area contributed by atoms with Gasteiger partial charge in [-0.05, 0) is 25.2 Å². The highest BCUT2D eigenvalue weighted by atomic mass is 16.7. The topological polar surface area (TPSA) is 80.3 Å². The zero-order valence-electron chi connectivity index (χ0n) is 14.7. The highest BCUT2D eigenvalue weighted by Gasteiger charge is 2.40. The quantitative estimate of drug-likeness (QED) is 0.818. The van der Waals surface area contributed by atoms with Crippen molar-refractivity contribution in [2.45, 2.75) is 44.4 Å². The average Bonchev–Trinajstić information content (AvgIpc) is 3.22. The second-order valence-corrected chi connectivity index (χ2v) is 7.17. The van der Waals surface area contributed by atoms with E-state index >= 15 is 0 Å². The van der Waals surface area contributed by atoms with Gasteiger partial charge in [-0.1, -0.05) is 0 Å². The van der Waals surface area contributed by atoms with E-state index in [2.05, 4.69) is 4.98 Å². The summed E-state index contributed by atoms with van der Waals surface area (Å²) in [7, 11) is 3.43. The van der Waals surface area contributed by atoms with Crippen molar-refractivity contribution in [1.29, 1.82) is 0 Å². The highest BCUT2D eigenvalue weighted by Crippen LogP contribution is 2.39. The molecule has 136 valence electrons. The molecule has 0 aromatic carbocycles. The van der Waals surface area contributed by atoms with Crippen LogP contribution in [0.15, 0.2) is 15.9 Å². The van der Waals surface area contributed by atoms with Gasteiger partial charge in [-0.2, -0.15) is 0 Å². The molecule has 1 aliphatic heterocycles. The fourth-order valence-electron chi connectivity index (χ4n) is 4.10. The van der Waals surface area contributed by atoms with Crippen molar-refractivity contribution in [3.8, 4) is 0 Å². The van der Waals surface area contributed by atoms with E-state index in [1.165, 1.54) is 9.13 Å². The van der Waals surface area contributed by atoms with E-state index in [1.54, 1.807) is 25.0 Å². The Labute approximate surface area is 145 Å². The lowest BCUT2D eigenvalue weighted by molar-refractivity contribution is -0.182. The molecule has 2 aromatic heterocycles. The number of fused-ring (bicyclic) bond motifs is 1. The largest absolute Gasteiger partial charge is 0.348 e. The van der Waals surface area contributed by atoms with Gasteiger partial charge in [0.2, 0.25) is 0 Å². The zero-order valence-corrected chi connectivity index (χ0v) is 14.7. The summed E-state index contributed by atoms with van der Waals surface area (Å²) in [5.74, 6) is 0.120. The Morgan fingerprint density at radius 2 is 1.88 bits per heavy atom. The maximum Gasteiger partial charge on any atom is 0.332 e. The summed E-state index contributed by atoms with van der Waals surface area (Å²) in [5.41, 5.74) is 0.347. The van der Waals surface area contributed by atoms with Crippen molar-refractivity contribution in [3.63, 3.8) is 0 Å². The Balaban J connectivity index is 1.51. The van der Waals surface area contributed by atoms with Crippen LogP contribution in [0.4, 0.5) is 0 Å². The molecule has 0 amide bonds. The second kappa shape index (κ2) is 6.10. The first kappa shape index (κ1) is 16.5. The summed E-state index contributed by atoms with van der Waals surface area (Å²) in [6.07, 6.45) is 6.18. The fraction of sp³-hybridized carbons (Fsp3) is 0.706. The molecule has 25 heavy (non-hydrogen) atoms. The molecule has 1 saturated heterocycles. The summed E-state index contributed by atoms with van der Waals surface area (Å²) in [5, 5.41) is 0. The number of aryl methyl sites for hydroxylation is 2. The molecule has 0 radical (unpaired) electrons. The molecule has 1 saturated carbocycles. The van der Waals surface area contributed by atoms with Crippen molar-refractivity contribution >= 4 is 11.2 Å². The maximum atomic E-state index is 12.7. The first-order chi connectivity index (χ1) is 12.0. The molecule has 2 aliphatic rings. The van der Waals surface area contributed by atoms with Gasteiger partial charge in [0.1, 0.15) is 0 Å². The molecule has 0 bridgehead atoms. The van der Waals surface area contributed by atoms with E-state index in [-0.39, 0.29) is 17.0 Å². The van der Waals surface area contributed by atoms with Crippen LogP contribution in [-0.4, -0.2) is 37.7 Å². The molecule has 0 unspecified atom stereocenters. The molecule has 4 rings (SSSR count). The van der Waals surface area contributed by atoms with Gasteiger partial charge in [0.15, 0.2) is 17.0 Å². The summed E-state index contributed by atoms with van der Waals surface area (Å²) < 4.78 is 16.0. The number of nitrogens with zero attached hydrogens (tertiary/aromatic N) is 4. The minimum atomic E-state index is -0.364. The first-order valence-corrected chi connectivity index (χ1v) is 8.89. The minimum Gasteiger partial charge on any atom is -0.348 e. The van der Waals surface area contributed by atoms with Gasteiger partial charge in [0, 0.05) is 33.5 Å². The number of aromatic nitrogens is 4. The van der Waals surface area contributed by atoms with Gasteiger partial charge in [0.05, 0.1) is 19.5 Å². The van der Waals surface area contributed by atoms with E-state index in [9.17, 15) is 9.59 Å². The summed E-state index contributed by atoms with van der Waals surface area (Å²) in [6.45, 7) is 1.80. The van der Waals surface area contributed by atoms with Crippen LogP contribution < -0.4 is 11.2 Å². The standard InChI is InChI=1S/C17H24N4O4/c1-19-11-18-14-13(19)15(22)21(16(23)20(14)2)8-5-12-3-6-17(7-4-12)24-9-10-25-17/h11-12H,3-10H2,1-2H3. The Hall–Kier alpha value is -1.93. The van der Waals surface area contributed by atoms with Crippen molar-refractivity contribution in [3.05, 3.63) is 27.2 Å². The molecule has 0 N–H and O–H groups in total.